The molecule has 146 valence electrons. The molecular formula is C20H18FN7O. The lowest BCUT2D eigenvalue weighted by atomic mass is 10.1. The molecule has 1 aliphatic rings. The van der Waals surface area contributed by atoms with Gasteiger partial charge >= 0.3 is 0 Å². The maximum Gasteiger partial charge on any atom is 0.242 e. The van der Waals surface area contributed by atoms with Gasteiger partial charge in [0.15, 0.2) is 11.5 Å². The van der Waals surface area contributed by atoms with Gasteiger partial charge in [0.05, 0.1) is 5.52 Å². The fraction of sp³-hybridized carbons (Fsp3) is 0.250. The molecule has 0 radical (unpaired) electrons. The van der Waals surface area contributed by atoms with E-state index >= 15 is 0 Å². The molecule has 0 unspecified atom stereocenters. The van der Waals surface area contributed by atoms with E-state index in [1.807, 2.05) is 6.07 Å². The molecule has 1 atom stereocenters. The lowest BCUT2D eigenvalue weighted by Crippen LogP contribution is -2.38. The number of carbonyl (C=O) groups excluding carboxylic acids is 1. The van der Waals surface area contributed by atoms with Crippen molar-refractivity contribution in [2.75, 3.05) is 11.9 Å². The summed E-state index contributed by atoms with van der Waals surface area (Å²) in [5.74, 6) is 0.470. The van der Waals surface area contributed by atoms with Crippen LogP contribution in [-0.4, -0.2) is 43.1 Å². The van der Waals surface area contributed by atoms with E-state index in [4.69, 9.17) is 0 Å². The molecule has 8 nitrogen and oxygen atoms in total. The first-order valence-electron chi connectivity index (χ1n) is 9.51. The van der Waals surface area contributed by atoms with Crippen LogP contribution in [0.2, 0.25) is 0 Å². The molecule has 29 heavy (non-hydrogen) atoms. The minimum Gasteiger partial charge on any atom is -0.354 e. The second-order valence-electron chi connectivity index (χ2n) is 6.97. The van der Waals surface area contributed by atoms with Crippen LogP contribution in [-0.2, 0) is 4.79 Å². The molecule has 9 heteroatoms. The van der Waals surface area contributed by atoms with Crippen LogP contribution in [0.3, 0.4) is 0 Å². The van der Waals surface area contributed by atoms with E-state index in [2.05, 4.69) is 30.7 Å². The van der Waals surface area contributed by atoms with Gasteiger partial charge in [0.25, 0.3) is 0 Å². The Bertz CT molecular complexity index is 1200. The first kappa shape index (κ1) is 17.5. The van der Waals surface area contributed by atoms with Crippen LogP contribution in [0.1, 0.15) is 19.3 Å². The van der Waals surface area contributed by atoms with E-state index in [0.29, 0.717) is 47.0 Å². The quantitative estimate of drug-likeness (QED) is 0.557. The largest absolute Gasteiger partial charge is 0.354 e. The lowest BCUT2D eigenvalue weighted by molar-refractivity contribution is -0.121. The number of hydrogen-bond donors (Lipinski definition) is 2. The number of anilines is 1. The minimum absolute atomic E-state index is 0.0531. The maximum absolute atomic E-state index is 13.3. The third-order valence-corrected chi connectivity index (χ3v) is 4.97. The van der Waals surface area contributed by atoms with Crippen molar-refractivity contribution in [3.8, 4) is 11.4 Å². The normalized spacial score (nSPS) is 17.3. The summed E-state index contributed by atoms with van der Waals surface area (Å²) in [5.41, 5.74) is 2.45. The molecule has 1 aromatic carbocycles. The molecule has 0 bridgehead atoms. The molecule has 0 aliphatic carbocycles. The number of halogens is 1. The van der Waals surface area contributed by atoms with Crippen molar-refractivity contribution in [3.05, 3.63) is 48.4 Å². The molecule has 1 saturated heterocycles. The number of carbonyl (C=O) groups is 1. The van der Waals surface area contributed by atoms with Crippen LogP contribution in [0.15, 0.2) is 42.6 Å². The number of rotatable bonds is 3. The van der Waals surface area contributed by atoms with Crippen molar-refractivity contribution in [3.63, 3.8) is 0 Å². The average molecular weight is 391 g/mol. The van der Waals surface area contributed by atoms with Crippen molar-refractivity contribution in [1.29, 1.82) is 0 Å². The monoisotopic (exact) mass is 391 g/mol. The highest BCUT2D eigenvalue weighted by atomic mass is 19.1. The zero-order valence-electron chi connectivity index (χ0n) is 15.5. The van der Waals surface area contributed by atoms with E-state index in [0.717, 1.165) is 12.8 Å². The van der Waals surface area contributed by atoms with Crippen LogP contribution in [0.4, 0.5) is 10.3 Å². The highest BCUT2D eigenvalue weighted by molar-refractivity contribution is 5.90. The second kappa shape index (κ2) is 7.08. The Hall–Kier alpha value is -3.62. The van der Waals surface area contributed by atoms with Gasteiger partial charge in [-0.3, -0.25) is 9.78 Å². The number of amides is 1. The highest BCUT2D eigenvalue weighted by Gasteiger charge is 2.23. The number of fused-ring (bicyclic) bond motifs is 3. The zero-order chi connectivity index (χ0) is 19.8. The Morgan fingerprint density at radius 3 is 2.86 bits per heavy atom. The third-order valence-electron chi connectivity index (χ3n) is 4.97. The van der Waals surface area contributed by atoms with Crippen LogP contribution in [0, 0.1) is 5.82 Å². The second-order valence-corrected chi connectivity index (χ2v) is 6.97. The SMILES string of the molecule is O=C1NCCCC[C@H]1Nc1nc2cccnc2c2nc(-c3ccc(F)cc3)nn12. The van der Waals surface area contributed by atoms with Crippen LogP contribution in [0.5, 0.6) is 0 Å². The molecule has 1 aliphatic heterocycles. The Morgan fingerprint density at radius 1 is 1.14 bits per heavy atom. The van der Waals surface area contributed by atoms with Crippen molar-refractivity contribution in [1.82, 2.24) is 29.9 Å². The van der Waals surface area contributed by atoms with Gasteiger partial charge in [-0.1, -0.05) is 0 Å². The standard InChI is InChI=1S/C20H18FN7O/c21-13-8-6-12(7-9-13)17-26-18-16-14(5-3-11-22-16)24-20(28(18)27-17)25-15-4-1-2-10-23-19(15)29/h3,5-9,11,15H,1-2,4,10H2,(H,23,29)(H,24,25)/t15-/m1/s1. The Kier molecular flexibility index (Phi) is 4.27. The van der Waals surface area contributed by atoms with Crippen LogP contribution in [0.25, 0.3) is 28.1 Å². The maximum atomic E-state index is 13.3. The van der Waals surface area contributed by atoms with Crippen molar-refractivity contribution >= 4 is 28.5 Å². The molecule has 0 spiro atoms. The van der Waals surface area contributed by atoms with E-state index in [-0.39, 0.29) is 11.7 Å². The fourth-order valence-electron chi connectivity index (χ4n) is 3.48. The van der Waals surface area contributed by atoms with Crippen molar-refractivity contribution in [2.45, 2.75) is 25.3 Å². The highest BCUT2D eigenvalue weighted by Crippen LogP contribution is 2.24. The number of pyridine rings is 1. The van der Waals surface area contributed by atoms with Gasteiger partial charge < -0.3 is 10.6 Å². The van der Waals surface area contributed by atoms with E-state index in [1.54, 1.807) is 28.9 Å². The summed E-state index contributed by atoms with van der Waals surface area (Å²) in [6, 6.07) is 9.21. The number of benzene rings is 1. The molecule has 0 saturated carbocycles. The Balaban J connectivity index is 1.65. The molecule has 4 heterocycles. The number of nitrogens with zero attached hydrogens (tertiary/aromatic N) is 5. The van der Waals surface area contributed by atoms with E-state index in [1.165, 1.54) is 12.1 Å². The Morgan fingerprint density at radius 2 is 2.00 bits per heavy atom. The molecule has 2 N–H and O–H groups in total. The molecule has 4 aromatic rings. The predicted octanol–water partition coefficient (Wildman–Crippen LogP) is 2.56. The summed E-state index contributed by atoms with van der Waals surface area (Å²) in [6.45, 7) is 0.680. The van der Waals surface area contributed by atoms with Gasteiger partial charge in [-0.2, -0.15) is 4.52 Å². The van der Waals surface area contributed by atoms with Crippen molar-refractivity contribution in [2.24, 2.45) is 0 Å². The summed E-state index contributed by atoms with van der Waals surface area (Å²) >= 11 is 0. The van der Waals surface area contributed by atoms with Crippen LogP contribution < -0.4 is 10.6 Å². The number of aromatic nitrogens is 5. The summed E-state index contributed by atoms with van der Waals surface area (Å²) < 4.78 is 14.9. The zero-order valence-corrected chi connectivity index (χ0v) is 15.5. The van der Waals surface area contributed by atoms with Gasteiger partial charge in [0, 0.05) is 18.3 Å². The summed E-state index contributed by atoms with van der Waals surface area (Å²) in [4.78, 5) is 26.0. The van der Waals surface area contributed by atoms with Gasteiger partial charge in [-0.25, -0.2) is 14.4 Å². The fourth-order valence-corrected chi connectivity index (χ4v) is 3.48. The molecule has 5 rings (SSSR count). The van der Waals surface area contributed by atoms with Gasteiger partial charge in [-0.05, 0) is 55.7 Å². The van der Waals surface area contributed by atoms with Crippen molar-refractivity contribution < 1.29 is 9.18 Å². The van der Waals surface area contributed by atoms with E-state index < -0.39 is 6.04 Å². The summed E-state index contributed by atoms with van der Waals surface area (Å²) in [6.07, 6.45) is 4.26. The number of hydrogen-bond acceptors (Lipinski definition) is 6. The lowest BCUT2D eigenvalue weighted by Gasteiger charge is -2.16. The van der Waals surface area contributed by atoms with E-state index in [9.17, 15) is 9.18 Å². The smallest absolute Gasteiger partial charge is 0.242 e. The topological polar surface area (TPSA) is 97.1 Å². The minimum atomic E-state index is -0.402. The predicted molar refractivity (Wildman–Crippen MR) is 106 cm³/mol. The molecule has 1 fully saturated rings. The first-order valence-corrected chi connectivity index (χ1v) is 9.51. The number of nitrogens with one attached hydrogen (secondary N) is 2. The third kappa shape index (κ3) is 3.24. The summed E-state index contributed by atoms with van der Waals surface area (Å²) in [5, 5.41) is 10.7. The van der Waals surface area contributed by atoms with Gasteiger partial charge in [0.1, 0.15) is 17.4 Å². The summed E-state index contributed by atoms with van der Waals surface area (Å²) in [7, 11) is 0. The molecule has 3 aromatic heterocycles. The van der Waals surface area contributed by atoms with Gasteiger partial charge in [0.2, 0.25) is 11.9 Å². The van der Waals surface area contributed by atoms with Crippen LogP contribution >= 0.6 is 0 Å². The van der Waals surface area contributed by atoms with Gasteiger partial charge in [-0.15, -0.1) is 5.10 Å². The average Bonchev–Trinajstić information content (AvgIpc) is 3.09. The molecular weight excluding hydrogens is 373 g/mol. The Labute approximate surface area is 165 Å². The first-order chi connectivity index (χ1) is 14.2. The molecule has 1 amide bonds.